The number of allylic oxidation sites excluding steroid dienone is 1. The summed E-state index contributed by atoms with van der Waals surface area (Å²) in [7, 11) is 0. The predicted molar refractivity (Wildman–Crippen MR) is 62.5 cm³/mol. The third-order valence-electron chi connectivity index (χ3n) is 2.78. The van der Waals surface area contributed by atoms with Crippen LogP contribution in [0.25, 0.3) is 0 Å². The van der Waals surface area contributed by atoms with Crippen LogP contribution < -0.4 is 0 Å². The first kappa shape index (κ1) is 15.1. The Morgan fingerprint density at radius 2 is 1.89 bits per heavy atom. The first-order chi connectivity index (χ1) is 8.68. The summed E-state index contributed by atoms with van der Waals surface area (Å²) in [6.07, 6.45) is -2.73. The standard InChI is InChI=1S/C12H16FNO5/c1-5(2)9(12(17)18)14-10(16)8(6(3)13)11(14)19-7(4)15/h6,8,11H,1-4H3,(H,17,18)/t6-,8+,11?/m1/s1. The van der Waals surface area contributed by atoms with E-state index in [9.17, 15) is 18.8 Å². The van der Waals surface area contributed by atoms with Crippen LogP contribution in [0.3, 0.4) is 0 Å². The second-order valence-corrected chi connectivity index (χ2v) is 4.57. The van der Waals surface area contributed by atoms with Gasteiger partial charge in [0.1, 0.15) is 17.8 Å². The summed E-state index contributed by atoms with van der Waals surface area (Å²) in [5, 5.41) is 9.09. The van der Waals surface area contributed by atoms with Crippen molar-refractivity contribution in [1.29, 1.82) is 0 Å². The van der Waals surface area contributed by atoms with Gasteiger partial charge in [0.15, 0.2) is 6.23 Å². The van der Waals surface area contributed by atoms with E-state index >= 15 is 0 Å². The van der Waals surface area contributed by atoms with Crippen molar-refractivity contribution >= 4 is 17.8 Å². The number of carbonyl (C=O) groups excluding carboxylic acids is 2. The Morgan fingerprint density at radius 3 is 2.21 bits per heavy atom. The van der Waals surface area contributed by atoms with Gasteiger partial charge in [0.05, 0.1) is 0 Å². The van der Waals surface area contributed by atoms with E-state index in [1.54, 1.807) is 0 Å². The second kappa shape index (κ2) is 5.38. The highest BCUT2D eigenvalue weighted by Gasteiger charge is 2.55. The molecule has 0 saturated carbocycles. The van der Waals surface area contributed by atoms with Gasteiger partial charge >= 0.3 is 11.9 Å². The Hall–Kier alpha value is -1.92. The van der Waals surface area contributed by atoms with Crippen molar-refractivity contribution in [2.45, 2.75) is 40.1 Å². The molecule has 1 unspecified atom stereocenters. The third-order valence-corrected chi connectivity index (χ3v) is 2.78. The topological polar surface area (TPSA) is 83.9 Å². The molecular weight excluding hydrogens is 257 g/mol. The largest absolute Gasteiger partial charge is 0.477 e. The minimum atomic E-state index is -1.53. The highest BCUT2D eigenvalue weighted by atomic mass is 19.1. The molecule has 0 aromatic carbocycles. The number of ether oxygens (including phenoxy) is 1. The van der Waals surface area contributed by atoms with Crippen molar-refractivity contribution in [2.75, 3.05) is 0 Å². The van der Waals surface area contributed by atoms with Gasteiger partial charge in [0.25, 0.3) is 0 Å². The number of hydrogen-bond acceptors (Lipinski definition) is 4. The Morgan fingerprint density at radius 1 is 1.37 bits per heavy atom. The molecule has 1 rings (SSSR count). The molecule has 106 valence electrons. The highest BCUT2D eigenvalue weighted by molar-refractivity contribution is 5.98. The molecule has 1 amide bonds. The molecule has 7 heteroatoms. The van der Waals surface area contributed by atoms with Crippen LogP contribution in [0.4, 0.5) is 4.39 Å². The van der Waals surface area contributed by atoms with Gasteiger partial charge in [-0.2, -0.15) is 0 Å². The summed E-state index contributed by atoms with van der Waals surface area (Å²) in [5.74, 6) is -3.88. The number of nitrogens with zero attached hydrogens (tertiary/aromatic N) is 1. The first-order valence-electron chi connectivity index (χ1n) is 5.73. The second-order valence-electron chi connectivity index (χ2n) is 4.57. The minimum Gasteiger partial charge on any atom is -0.477 e. The van der Waals surface area contributed by atoms with E-state index in [2.05, 4.69) is 0 Å². The third kappa shape index (κ3) is 2.74. The van der Waals surface area contributed by atoms with E-state index in [-0.39, 0.29) is 5.70 Å². The van der Waals surface area contributed by atoms with E-state index in [1.165, 1.54) is 20.8 Å². The Kier molecular flexibility index (Phi) is 4.28. The first-order valence-corrected chi connectivity index (χ1v) is 5.73. The quantitative estimate of drug-likeness (QED) is 0.470. The number of hydrogen-bond donors (Lipinski definition) is 1. The van der Waals surface area contributed by atoms with Gasteiger partial charge in [-0.05, 0) is 26.3 Å². The maximum Gasteiger partial charge on any atom is 0.352 e. The van der Waals surface area contributed by atoms with E-state index in [0.717, 1.165) is 11.8 Å². The van der Waals surface area contributed by atoms with Gasteiger partial charge in [0, 0.05) is 6.92 Å². The normalized spacial score (nSPS) is 23.4. The van der Waals surface area contributed by atoms with E-state index in [1.807, 2.05) is 0 Å². The van der Waals surface area contributed by atoms with Gasteiger partial charge < -0.3 is 9.84 Å². The number of amides is 1. The molecule has 19 heavy (non-hydrogen) atoms. The Bertz CT molecular complexity index is 453. The molecule has 0 spiro atoms. The molecule has 6 nitrogen and oxygen atoms in total. The van der Waals surface area contributed by atoms with Crippen molar-refractivity contribution < 1.29 is 28.6 Å². The summed E-state index contributed by atoms with van der Waals surface area (Å²) < 4.78 is 18.2. The molecular formula is C12H16FNO5. The van der Waals surface area contributed by atoms with Gasteiger partial charge in [-0.3, -0.25) is 14.5 Å². The molecule has 1 heterocycles. The fourth-order valence-corrected chi connectivity index (χ4v) is 2.00. The number of carboxylic acids is 1. The number of carboxylic acid groups (broad SMARTS) is 1. The smallest absolute Gasteiger partial charge is 0.352 e. The van der Waals surface area contributed by atoms with Crippen molar-refractivity contribution in [3.8, 4) is 0 Å². The van der Waals surface area contributed by atoms with E-state index < -0.39 is 36.2 Å². The zero-order valence-electron chi connectivity index (χ0n) is 11.1. The van der Waals surface area contributed by atoms with Crippen LogP contribution in [0.15, 0.2) is 11.3 Å². The number of halogens is 1. The van der Waals surface area contributed by atoms with Crippen molar-refractivity contribution in [2.24, 2.45) is 5.92 Å². The number of esters is 1. The molecule has 3 atom stereocenters. The number of likely N-dealkylation sites (tertiary alicyclic amines) is 1. The minimum absolute atomic E-state index is 0.284. The molecule has 0 aromatic rings. The van der Waals surface area contributed by atoms with Crippen LogP contribution in [0.1, 0.15) is 27.7 Å². The van der Waals surface area contributed by atoms with Gasteiger partial charge in [-0.15, -0.1) is 0 Å². The lowest BCUT2D eigenvalue weighted by molar-refractivity contribution is -0.199. The van der Waals surface area contributed by atoms with Gasteiger partial charge in [-0.1, -0.05) is 0 Å². The Labute approximate surface area is 109 Å². The molecule has 0 aromatic heterocycles. The number of alkyl halides is 1. The summed E-state index contributed by atoms with van der Waals surface area (Å²) >= 11 is 0. The molecule has 0 aliphatic carbocycles. The SMILES string of the molecule is CC(=O)OC1[C@@H]([C@@H](C)F)C(=O)N1C(C(=O)O)=C(C)C. The van der Waals surface area contributed by atoms with Crippen molar-refractivity contribution in [3.63, 3.8) is 0 Å². The zero-order valence-corrected chi connectivity index (χ0v) is 11.1. The monoisotopic (exact) mass is 273 g/mol. The number of β-lactam (4-membered cyclic amide) rings is 1. The number of carbonyl (C=O) groups is 3. The average Bonchev–Trinajstić information content (AvgIpc) is 2.22. The molecule has 1 aliphatic rings. The molecule has 0 radical (unpaired) electrons. The fourth-order valence-electron chi connectivity index (χ4n) is 2.00. The molecule has 0 bridgehead atoms. The molecule has 1 fully saturated rings. The van der Waals surface area contributed by atoms with Crippen LogP contribution in [0.5, 0.6) is 0 Å². The summed E-state index contributed by atoms with van der Waals surface area (Å²) in [6.45, 7) is 5.30. The summed E-state index contributed by atoms with van der Waals surface area (Å²) in [5.41, 5.74) is 0.0797. The van der Waals surface area contributed by atoms with E-state index in [4.69, 9.17) is 9.84 Å². The zero-order chi connectivity index (χ0) is 14.9. The van der Waals surface area contributed by atoms with Crippen molar-refractivity contribution in [1.82, 2.24) is 4.90 Å². The number of aliphatic carboxylic acids is 1. The maximum absolute atomic E-state index is 13.3. The van der Waals surface area contributed by atoms with E-state index in [0.29, 0.717) is 5.57 Å². The van der Waals surface area contributed by atoms with Crippen LogP contribution in [0.2, 0.25) is 0 Å². The van der Waals surface area contributed by atoms with Crippen molar-refractivity contribution in [3.05, 3.63) is 11.3 Å². The average molecular weight is 273 g/mol. The van der Waals surface area contributed by atoms with Crippen LogP contribution in [0, 0.1) is 5.92 Å². The lowest BCUT2D eigenvalue weighted by Gasteiger charge is -2.46. The molecule has 1 aliphatic heterocycles. The lowest BCUT2D eigenvalue weighted by atomic mass is 9.90. The van der Waals surface area contributed by atoms with Gasteiger partial charge in [0.2, 0.25) is 5.91 Å². The summed E-state index contributed by atoms with van der Waals surface area (Å²) in [4.78, 5) is 34.8. The fraction of sp³-hybridized carbons (Fsp3) is 0.583. The highest BCUT2D eigenvalue weighted by Crippen LogP contribution is 2.36. The predicted octanol–water partition coefficient (Wildman–Crippen LogP) is 1.07. The van der Waals surface area contributed by atoms with Crippen LogP contribution in [-0.4, -0.2) is 40.3 Å². The lowest BCUT2D eigenvalue weighted by Crippen LogP contribution is -2.65. The number of rotatable bonds is 4. The van der Waals surface area contributed by atoms with Gasteiger partial charge in [-0.25, -0.2) is 9.18 Å². The summed E-state index contributed by atoms with van der Waals surface area (Å²) in [6, 6.07) is 0. The Balaban J connectivity index is 3.12. The van der Waals surface area contributed by atoms with Crippen LogP contribution >= 0.6 is 0 Å². The maximum atomic E-state index is 13.3. The molecule has 1 saturated heterocycles. The molecule has 1 N–H and O–H groups in total. The van der Waals surface area contributed by atoms with Crippen LogP contribution in [-0.2, 0) is 19.1 Å².